The number of anilines is 2. The van der Waals surface area contributed by atoms with E-state index >= 15 is 4.39 Å². The van der Waals surface area contributed by atoms with Gasteiger partial charge in [0.1, 0.15) is 29.0 Å². The van der Waals surface area contributed by atoms with Crippen LogP contribution in [0.1, 0.15) is 31.2 Å². The van der Waals surface area contributed by atoms with Crippen LogP contribution in [0.25, 0.3) is 28.2 Å². The van der Waals surface area contributed by atoms with Crippen LogP contribution in [0.5, 0.6) is 0 Å². The van der Waals surface area contributed by atoms with Crippen LogP contribution in [0.4, 0.5) is 28.9 Å². The minimum absolute atomic E-state index is 0.110. The van der Waals surface area contributed by atoms with Gasteiger partial charge in [0.05, 0.1) is 23.5 Å². The van der Waals surface area contributed by atoms with E-state index in [4.69, 9.17) is 10.2 Å². The van der Waals surface area contributed by atoms with Gasteiger partial charge in [0.2, 0.25) is 0 Å². The smallest absolute Gasteiger partial charge is 0.266 e. The molecule has 6 rings (SSSR count). The van der Waals surface area contributed by atoms with E-state index in [1.807, 2.05) is 12.1 Å². The zero-order chi connectivity index (χ0) is 26.4. The molecule has 0 aliphatic carbocycles. The first-order valence-corrected chi connectivity index (χ1v) is 12.6. The van der Waals surface area contributed by atoms with Gasteiger partial charge in [0, 0.05) is 43.5 Å². The Hall–Kier alpha value is -4.13. The second-order valence-electron chi connectivity index (χ2n) is 9.79. The fourth-order valence-electron chi connectivity index (χ4n) is 5.35. The van der Waals surface area contributed by atoms with Crippen LogP contribution in [-0.4, -0.2) is 46.6 Å². The summed E-state index contributed by atoms with van der Waals surface area (Å²) in [6.45, 7) is 1.39. The summed E-state index contributed by atoms with van der Waals surface area (Å²) in [6.07, 6.45) is 4.61. The minimum atomic E-state index is -2.81. The van der Waals surface area contributed by atoms with Gasteiger partial charge in [0.15, 0.2) is 5.65 Å². The van der Waals surface area contributed by atoms with Crippen molar-refractivity contribution in [3.8, 4) is 23.1 Å². The van der Waals surface area contributed by atoms with E-state index in [-0.39, 0.29) is 30.0 Å². The Balaban J connectivity index is 1.53. The lowest BCUT2D eigenvalue weighted by atomic mass is 10.1. The molecule has 0 unspecified atom stereocenters. The maximum Gasteiger partial charge on any atom is 0.266 e. The number of hydrogen-bond acceptors (Lipinski definition) is 5. The van der Waals surface area contributed by atoms with Gasteiger partial charge in [-0.25, -0.2) is 27.5 Å². The monoisotopic (exact) mass is 520 g/mol. The second-order valence-corrected chi connectivity index (χ2v) is 9.79. The maximum absolute atomic E-state index is 15.7. The molecule has 38 heavy (non-hydrogen) atoms. The molecule has 4 heterocycles. The summed E-state index contributed by atoms with van der Waals surface area (Å²) in [5, 5.41) is 9.17. The average molecular weight is 521 g/mol. The molecule has 0 N–H and O–H groups in total. The number of halogens is 4. The summed E-state index contributed by atoms with van der Waals surface area (Å²) in [4.78, 5) is 13.0. The van der Waals surface area contributed by atoms with Crippen molar-refractivity contribution >= 4 is 22.5 Å². The number of rotatable bonds is 4. The first-order chi connectivity index (χ1) is 18.3. The summed E-state index contributed by atoms with van der Waals surface area (Å²) in [6, 6.07) is 12.2. The molecule has 0 atom stereocenters. The molecule has 2 saturated heterocycles. The van der Waals surface area contributed by atoms with Crippen molar-refractivity contribution in [2.75, 3.05) is 36.0 Å². The van der Waals surface area contributed by atoms with Crippen LogP contribution in [-0.2, 0) is 0 Å². The normalized spacial score (nSPS) is 17.2. The number of alkyl halides is 2. The van der Waals surface area contributed by atoms with Crippen LogP contribution in [0.3, 0.4) is 0 Å². The molecule has 0 radical (unpaired) electrons. The fourth-order valence-corrected chi connectivity index (χ4v) is 5.35. The topological polar surface area (TPSA) is 61.0 Å². The third-order valence-electron chi connectivity index (χ3n) is 7.28. The molecule has 2 aliphatic heterocycles. The quantitative estimate of drug-likeness (QED) is 0.306. The predicted molar refractivity (Wildman–Crippen MR) is 137 cm³/mol. The van der Waals surface area contributed by atoms with Crippen molar-refractivity contribution in [2.45, 2.75) is 31.6 Å². The van der Waals surface area contributed by atoms with Gasteiger partial charge >= 0.3 is 0 Å². The average Bonchev–Trinajstić information content (AvgIpc) is 3.49. The molecule has 4 aromatic rings. The Morgan fingerprint density at radius 2 is 1.68 bits per heavy atom. The van der Waals surface area contributed by atoms with E-state index in [0.717, 1.165) is 38.0 Å². The summed E-state index contributed by atoms with van der Waals surface area (Å²) in [5.74, 6) is -3.90. The molecule has 10 heteroatoms. The minimum Gasteiger partial charge on any atom is -0.370 e. The van der Waals surface area contributed by atoms with Crippen LogP contribution >= 0.6 is 0 Å². The Morgan fingerprint density at radius 1 is 0.868 bits per heavy atom. The van der Waals surface area contributed by atoms with Crippen LogP contribution in [0, 0.1) is 23.0 Å². The third kappa shape index (κ3) is 4.22. The van der Waals surface area contributed by atoms with Crippen LogP contribution in [0.2, 0.25) is 0 Å². The Morgan fingerprint density at radius 3 is 2.37 bits per heavy atom. The summed E-state index contributed by atoms with van der Waals surface area (Å²) in [7, 11) is 0. The van der Waals surface area contributed by atoms with E-state index in [1.54, 1.807) is 18.3 Å². The number of aromatic nitrogens is 3. The van der Waals surface area contributed by atoms with Crippen LogP contribution < -0.4 is 9.80 Å². The van der Waals surface area contributed by atoms with Crippen molar-refractivity contribution in [1.29, 1.82) is 5.26 Å². The highest BCUT2D eigenvalue weighted by atomic mass is 19.3. The molecule has 0 bridgehead atoms. The highest BCUT2D eigenvalue weighted by Crippen LogP contribution is 2.36. The number of nitrogens with zero attached hydrogens (tertiary/aromatic N) is 6. The van der Waals surface area contributed by atoms with Gasteiger partial charge < -0.3 is 9.80 Å². The molecular weight excluding hydrogens is 496 g/mol. The Labute approximate surface area is 216 Å². The number of imidazole rings is 1. The second kappa shape index (κ2) is 9.31. The number of hydrogen-bond donors (Lipinski definition) is 0. The molecule has 2 fully saturated rings. The molecule has 0 amide bonds. The van der Waals surface area contributed by atoms with E-state index in [9.17, 15) is 13.2 Å². The van der Waals surface area contributed by atoms with Gasteiger partial charge in [-0.1, -0.05) is 0 Å². The van der Waals surface area contributed by atoms with Crippen molar-refractivity contribution in [3.63, 3.8) is 0 Å². The van der Waals surface area contributed by atoms with Crippen LogP contribution in [0.15, 0.2) is 48.7 Å². The Kier molecular flexibility index (Phi) is 5.94. The largest absolute Gasteiger partial charge is 0.370 e. The molecule has 2 aromatic carbocycles. The highest BCUT2D eigenvalue weighted by molar-refractivity contribution is 5.90. The number of nitriles is 1. The van der Waals surface area contributed by atoms with Gasteiger partial charge in [-0.15, -0.1) is 0 Å². The van der Waals surface area contributed by atoms with E-state index in [2.05, 4.69) is 9.88 Å². The fraction of sp³-hybridized carbons (Fsp3) is 0.321. The van der Waals surface area contributed by atoms with Gasteiger partial charge in [-0.3, -0.25) is 4.57 Å². The highest BCUT2D eigenvalue weighted by Gasteiger charge is 2.38. The Bertz CT molecular complexity index is 1570. The molecule has 2 aromatic heterocycles. The molecule has 194 valence electrons. The SMILES string of the molecule is N#Cc1ccc(-c2nc3c(N4CCCCC4)ccnc3n2-c2ccc(N3CCC(F)(F)C3)cc2F)cc1F. The summed E-state index contributed by atoms with van der Waals surface area (Å²) >= 11 is 0. The van der Waals surface area contributed by atoms with E-state index in [1.165, 1.54) is 33.7 Å². The number of piperidine rings is 1. The number of pyridine rings is 1. The van der Waals surface area contributed by atoms with E-state index in [0.29, 0.717) is 22.4 Å². The van der Waals surface area contributed by atoms with Crippen molar-refractivity contribution in [1.82, 2.24) is 14.5 Å². The molecular formula is C28H24F4N6. The lowest BCUT2D eigenvalue weighted by Gasteiger charge is -2.28. The zero-order valence-electron chi connectivity index (χ0n) is 20.5. The first kappa shape index (κ1) is 24.2. The zero-order valence-corrected chi connectivity index (χ0v) is 20.5. The summed E-state index contributed by atoms with van der Waals surface area (Å²) < 4.78 is 59.4. The molecule has 2 aliphatic rings. The first-order valence-electron chi connectivity index (χ1n) is 12.6. The molecule has 0 spiro atoms. The van der Waals surface area contributed by atoms with Gasteiger partial charge in [0.25, 0.3) is 5.92 Å². The van der Waals surface area contributed by atoms with Gasteiger partial charge in [-0.2, -0.15) is 5.26 Å². The van der Waals surface area contributed by atoms with Crippen molar-refractivity contribution in [3.05, 3.63) is 65.9 Å². The number of fused-ring (bicyclic) bond motifs is 1. The lowest BCUT2D eigenvalue weighted by Crippen LogP contribution is -2.29. The van der Waals surface area contributed by atoms with Crippen molar-refractivity contribution in [2.24, 2.45) is 0 Å². The van der Waals surface area contributed by atoms with Crippen molar-refractivity contribution < 1.29 is 17.6 Å². The standard InChI is InChI=1S/C28H24F4N6/c29-21-14-18(4-5-19(21)16-33)26-35-25-24(36-11-2-1-3-12-36)8-10-34-27(25)38(26)23-7-6-20(15-22(23)30)37-13-9-28(31,32)17-37/h4-8,10,14-15H,1-3,9,11-13,17H2. The lowest BCUT2D eigenvalue weighted by molar-refractivity contribution is 0.0257. The maximum atomic E-state index is 15.7. The third-order valence-corrected chi connectivity index (χ3v) is 7.28. The van der Waals surface area contributed by atoms with Gasteiger partial charge in [-0.05, 0) is 61.7 Å². The predicted octanol–water partition coefficient (Wildman–Crippen LogP) is 6.07. The molecule has 0 saturated carbocycles. The number of benzene rings is 2. The van der Waals surface area contributed by atoms with E-state index < -0.39 is 24.1 Å². The molecule has 6 nitrogen and oxygen atoms in total. The summed E-state index contributed by atoms with van der Waals surface area (Å²) in [5.41, 5.74) is 2.53.